The molecule has 1 N–H and O–H groups in total. The van der Waals surface area contributed by atoms with Crippen LogP contribution < -0.4 is 0 Å². The van der Waals surface area contributed by atoms with Gasteiger partial charge in [-0.2, -0.15) is 0 Å². The fraction of sp³-hybridized carbons (Fsp3) is 0.450. The fourth-order valence-electron chi connectivity index (χ4n) is 4.35. The molecule has 3 rings (SSSR count). The second-order valence-electron chi connectivity index (χ2n) is 7.49. The highest BCUT2D eigenvalue weighted by molar-refractivity contribution is 7.92. The van der Waals surface area contributed by atoms with Gasteiger partial charge in [-0.15, -0.1) is 0 Å². The zero-order chi connectivity index (χ0) is 20.5. The average molecular weight is 431 g/mol. The van der Waals surface area contributed by atoms with Crippen molar-refractivity contribution in [1.82, 2.24) is 0 Å². The minimum atomic E-state index is -4.03. The molecule has 0 aromatic heterocycles. The molecule has 2 aliphatic carbocycles. The molecule has 1 aromatic carbocycles. The standard InChI is InChI=1S/C20H21ClF2O4S/c21-14-1-4-16(5-2-14)28(26,27)20(17-12-15(22)3-6-18(17)23)9-7-13(8-10-20)11-19(24)25/h1-6,13,17H,7-12H2,(H,24,25). The van der Waals surface area contributed by atoms with Gasteiger partial charge in [0.2, 0.25) is 0 Å². The fourth-order valence-corrected chi connectivity index (χ4v) is 6.79. The monoisotopic (exact) mass is 430 g/mol. The van der Waals surface area contributed by atoms with Gasteiger partial charge >= 0.3 is 5.97 Å². The Kier molecular flexibility index (Phi) is 5.96. The molecular formula is C20H21ClF2O4S. The first-order chi connectivity index (χ1) is 13.2. The van der Waals surface area contributed by atoms with E-state index in [4.69, 9.17) is 16.7 Å². The summed E-state index contributed by atoms with van der Waals surface area (Å²) in [6.07, 6.45) is 2.44. The third-order valence-corrected chi connectivity index (χ3v) is 8.77. The van der Waals surface area contributed by atoms with Gasteiger partial charge in [0.05, 0.1) is 9.64 Å². The summed E-state index contributed by atoms with van der Waals surface area (Å²) >= 11 is 5.86. The molecule has 1 atom stereocenters. The molecule has 1 saturated carbocycles. The predicted octanol–water partition coefficient (Wildman–Crippen LogP) is 5.24. The number of halogens is 3. The van der Waals surface area contributed by atoms with Crippen LogP contribution in [0.4, 0.5) is 8.78 Å². The molecule has 0 heterocycles. The molecule has 1 unspecified atom stereocenters. The molecule has 0 bridgehead atoms. The Hall–Kier alpha value is -1.73. The van der Waals surface area contributed by atoms with Crippen LogP contribution in [-0.4, -0.2) is 24.2 Å². The first-order valence-corrected chi connectivity index (χ1v) is 11.0. The van der Waals surface area contributed by atoms with Crippen LogP contribution in [-0.2, 0) is 14.6 Å². The predicted molar refractivity (Wildman–Crippen MR) is 102 cm³/mol. The van der Waals surface area contributed by atoms with Gasteiger partial charge < -0.3 is 5.11 Å². The second kappa shape index (κ2) is 7.95. The van der Waals surface area contributed by atoms with Crippen LogP contribution in [0.3, 0.4) is 0 Å². The summed E-state index contributed by atoms with van der Waals surface area (Å²) in [5, 5.41) is 9.40. The molecule has 1 fully saturated rings. The number of carbonyl (C=O) groups is 1. The van der Waals surface area contributed by atoms with Gasteiger partial charge in [-0.3, -0.25) is 4.79 Å². The second-order valence-corrected chi connectivity index (χ2v) is 10.2. The van der Waals surface area contributed by atoms with Crippen molar-refractivity contribution in [2.24, 2.45) is 11.8 Å². The Labute approximate surface area is 167 Å². The van der Waals surface area contributed by atoms with E-state index in [1.54, 1.807) is 0 Å². The van der Waals surface area contributed by atoms with E-state index >= 15 is 0 Å². The zero-order valence-corrected chi connectivity index (χ0v) is 16.6. The van der Waals surface area contributed by atoms with Gasteiger partial charge in [-0.25, -0.2) is 17.2 Å². The molecule has 2 aliphatic rings. The molecule has 4 nitrogen and oxygen atoms in total. The largest absolute Gasteiger partial charge is 0.481 e. The number of carboxylic acid groups (broad SMARTS) is 1. The Morgan fingerprint density at radius 3 is 2.32 bits per heavy atom. The van der Waals surface area contributed by atoms with Gasteiger partial charge in [-0.1, -0.05) is 11.6 Å². The van der Waals surface area contributed by atoms with Crippen molar-refractivity contribution in [2.45, 2.75) is 48.2 Å². The molecule has 0 amide bonds. The van der Waals surface area contributed by atoms with E-state index < -0.39 is 38.1 Å². The highest BCUT2D eigenvalue weighted by atomic mass is 35.5. The molecular weight excluding hydrogens is 410 g/mol. The lowest BCUT2D eigenvalue weighted by Crippen LogP contribution is -2.49. The number of sulfone groups is 1. The van der Waals surface area contributed by atoms with Crippen LogP contribution in [0.2, 0.25) is 5.02 Å². The van der Waals surface area contributed by atoms with E-state index in [0.717, 1.165) is 12.2 Å². The lowest BCUT2D eigenvalue weighted by atomic mass is 9.72. The number of rotatable bonds is 5. The summed E-state index contributed by atoms with van der Waals surface area (Å²) in [5.41, 5.74) is 0. The van der Waals surface area contributed by atoms with Gasteiger partial charge in [-0.05, 0) is 68.0 Å². The molecule has 28 heavy (non-hydrogen) atoms. The highest BCUT2D eigenvalue weighted by Gasteiger charge is 2.54. The summed E-state index contributed by atoms with van der Waals surface area (Å²) < 4.78 is 54.4. The Morgan fingerprint density at radius 1 is 1.14 bits per heavy atom. The van der Waals surface area contributed by atoms with Crippen LogP contribution in [0.25, 0.3) is 0 Å². The Morgan fingerprint density at radius 2 is 1.75 bits per heavy atom. The molecule has 0 spiro atoms. The minimum Gasteiger partial charge on any atom is -0.481 e. The third kappa shape index (κ3) is 3.87. The zero-order valence-electron chi connectivity index (χ0n) is 15.1. The van der Waals surface area contributed by atoms with Crippen molar-refractivity contribution in [3.05, 3.63) is 53.1 Å². The summed E-state index contributed by atoms with van der Waals surface area (Å²) in [4.78, 5) is 11.0. The van der Waals surface area contributed by atoms with Crippen LogP contribution in [0.1, 0.15) is 38.5 Å². The van der Waals surface area contributed by atoms with E-state index in [1.807, 2.05) is 0 Å². The van der Waals surface area contributed by atoms with E-state index in [9.17, 15) is 22.0 Å². The molecule has 0 radical (unpaired) electrons. The van der Waals surface area contributed by atoms with Crippen LogP contribution >= 0.6 is 11.6 Å². The molecule has 0 aliphatic heterocycles. The van der Waals surface area contributed by atoms with Gasteiger partial charge in [0, 0.05) is 23.8 Å². The van der Waals surface area contributed by atoms with E-state index in [2.05, 4.69) is 0 Å². The summed E-state index contributed by atoms with van der Waals surface area (Å²) in [6, 6.07) is 5.65. The van der Waals surface area contributed by atoms with Gasteiger partial charge in [0.25, 0.3) is 0 Å². The summed E-state index contributed by atoms with van der Waals surface area (Å²) in [5.74, 6) is -3.48. The first-order valence-electron chi connectivity index (χ1n) is 9.09. The summed E-state index contributed by atoms with van der Waals surface area (Å²) in [7, 11) is -4.03. The topological polar surface area (TPSA) is 71.4 Å². The van der Waals surface area contributed by atoms with Crippen molar-refractivity contribution >= 4 is 27.4 Å². The smallest absolute Gasteiger partial charge is 0.303 e. The number of hydrogen-bond donors (Lipinski definition) is 1. The van der Waals surface area contributed by atoms with Gasteiger partial charge in [0.15, 0.2) is 9.84 Å². The minimum absolute atomic E-state index is 0.0105. The molecule has 0 saturated heterocycles. The van der Waals surface area contributed by atoms with Crippen molar-refractivity contribution in [3.63, 3.8) is 0 Å². The van der Waals surface area contributed by atoms with Crippen LogP contribution in [0.5, 0.6) is 0 Å². The normalized spacial score (nSPS) is 28.4. The van der Waals surface area contributed by atoms with Gasteiger partial charge in [0.1, 0.15) is 11.7 Å². The van der Waals surface area contributed by atoms with Crippen LogP contribution in [0, 0.1) is 11.8 Å². The van der Waals surface area contributed by atoms with Crippen molar-refractivity contribution in [1.29, 1.82) is 0 Å². The Bertz CT molecular complexity index is 914. The maximum atomic E-state index is 14.7. The van der Waals surface area contributed by atoms with Crippen molar-refractivity contribution in [3.8, 4) is 0 Å². The third-order valence-electron chi connectivity index (χ3n) is 5.86. The molecule has 8 heteroatoms. The number of hydrogen-bond acceptors (Lipinski definition) is 3. The van der Waals surface area contributed by atoms with Crippen molar-refractivity contribution < 1.29 is 27.1 Å². The van der Waals surface area contributed by atoms with Crippen molar-refractivity contribution in [2.75, 3.05) is 0 Å². The lowest BCUT2D eigenvalue weighted by molar-refractivity contribution is -0.138. The lowest BCUT2D eigenvalue weighted by Gasteiger charge is -2.44. The van der Waals surface area contributed by atoms with Crippen LogP contribution in [0.15, 0.2) is 53.0 Å². The van der Waals surface area contributed by atoms with E-state index in [-0.39, 0.29) is 36.5 Å². The Balaban J connectivity index is 2.03. The summed E-state index contributed by atoms with van der Waals surface area (Å²) in [6.45, 7) is 0. The first kappa shape index (κ1) is 21.0. The quantitative estimate of drug-likeness (QED) is 0.693. The maximum Gasteiger partial charge on any atom is 0.303 e. The maximum absolute atomic E-state index is 14.7. The number of aliphatic carboxylic acids is 1. The highest BCUT2D eigenvalue weighted by Crippen LogP contribution is 2.51. The number of carboxylic acids is 1. The molecule has 152 valence electrons. The average Bonchev–Trinajstić information content (AvgIpc) is 2.64. The number of allylic oxidation sites excluding steroid dienone is 4. The van der Waals surface area contributed by atoms with E-state index in [1.165, 1.54) is 24.3 Å². The molecule has 1 aromatic rings. The SMILES string of the molecule is O=C(O)CC1CCC(C2CC(F)=CC=C2F)(S(=O)(=O)c2ccc(Cl)cc2)CC1. The number of benzene rings is 1. The van der Waals surface area contributed by atoms with E-state index in [0.29, 0.717) is 17.9 Å².